The quantitative estimate of drug-likeness (QED) is 0.142. The molecule has 4 N–H and O–H groups in total. The number of alkyl halides is 2. The molecule has 1 unspecified atom stereocenters. The lowest BCUT2D eigenvalue weighted by Crippen LogP contribution is -2.56. The van der Waals surface area contributed by atoms with Gasteiger partial charge >= 0.3 is 0 Å². The van der Waals surface area contributed by atoms with Gasteiger partial charge in [0.25, 0.3) is 5.91 Å². The summed E-state index contributed by atoms with van der Waals surface area (Å²) in [7, 11) is 1.84. The van der Waals surface area contributed by atoms with E-state index in [0.717, 1.165) is 35.2 Å². The van der Waals surface area contributed by atoms with Crippen LogP contribution in [0.5, 0.6) is 0 Å². The van der Waals surface area contributed by atoms with Crippen LogP contribution in [0.4, 0.5) is 10.1 Å². The molecule has 194 valence electrons. The van der Waals surface area contributed by atoms with Crippen molar-refractivity contribution in [2.24, 2.45) is 24.6 Å². The van der Waals surface area contributed by atoms with Gasteiger partial charge in [0.05, 0.1) is 32.5 Å². The van der Waals surface area contributed by atoms with Crippen LogP contribution in [-0.2, 0) is 7.05 Å². The fourth-order valence-corrected chi connectivity index (χ4v) is 9.44. The molecule has 1 fully saturated rings. The molecular formula is C27H29FI2N6O. The summed E-state index contributed by atoms with van der Waals surface area (Å²) in [4.78, 5) is 18.0. The topological polar surface area (TPSA) is 89.9 Å². The molecule has 2 aliphatic rings. The van der Waals surface area contributed by atoms with Crippen molar-refractivity contribution < 1.29 is 9.18 Å². The zero-order valence-corrected chi connectivity index (χ0v) is 25.1. The van der Waals surface area contributed by atoms with Gasteiger partial charge in [-0.05, 0) is 36.6 Å². The summed E-state index contributed by atoms with van der Waals surface area (Å²) < 4.78 is 19.9. The van der Waals surface area contributed by atoms with Crippen LogP contribution in [0.1, 0.15) is 36.7 Å². The van der Waals surface area contributed by atoms with E-state index < -0.39 is 5.82 Å². The Morgan fingerprint density at radius 2 is 2.05 bits per heavy atom. The van der Waals surface area contributed by atoms with Gasteiger partial charge in [-0.15, -0.1) is 0 Å². The van der Waals surface area contributed by atoms with Crippen molar-refractivity contribution >= 4 is 78.7 Å². The van der Waals surface area contributed by atoms with E-state index in [2.05, 4.69) is 92.4 Å². The first-order valence-electron chi connectivity index (χ1n) is 12.5. The van der Waals surface area contributed by atoms with Crippen molar-refractivity contribution in [2.45, 2.75) is 40.3 Å². The first-order chi connectivity index (χ1) is 17.7. The lowest BCUT2D eigenvalue weighted by atomic mass is 9.80. The van der Waals surface area contributed by atoms with Gasteiger partial charge in [-0.2, -0.15) is 0 Å². The van der Waals surface area contributed by atoms with Crippen molar-refractivity contribution in [1.29, 1.82) is 0 Å². The maximum atomic E-state index is 15.5. The number of anilines is 1. The lowest BCUT2D eigenvalue weighted by molar-refractivity contribution is 0.0932. The Hall–Kier alpha value is -1.93. The number of halogens is 3. The van der Waals surface area contributed by atoms with E-state index in [-0.39, 0.29) is 33.5 Å². The minimum atomic E-state index is -0.460. The zero-order valence-electron chi connectivity index (χ0n) is 20.8. The number of carbonyl (C=O) groups excluding carboxylic acids is 1. The monoisotopic (exact) mass is 726 g/mol. The Kier molecular flexibility index (Phi) is 6.42. The maximum Gasteiger partial charge on any atom is 0.252 e. The van der Waals surface area contributed by atoms with E-state index in [9.17, 15) is 4.79 Å². The fourth-order valence-electron chi connectivity index (χ4n) is 5.79. The molecule has 7 nitrogen and oxygen atoms in total. The number of para-hydroxylation sites is 1. The van der Waals surface area contributed by atoms with Gasteiger partial charge in [-0.3, -0.25) is 4.79 Å². The number of imidazole rings is 1. The minimum absolute atomic E-state index is 0.0747. The molecule has 0 bridgehead atoms. The van der Waals surface area contributed by atoms with Crippen molar-refractivity contribution in [3.05, 3.63) is 47.8 Å². The summed E-state index contributed by atoms with van der Waals surface area (Å²) in [5.74, 6) is 0.506. The first kappa shape index (κ1) is 25.4. The number of nitrogens with zero attached hydrogens (tertiary/aromatic N) is 3. The van der Waals surface area contributed by atoms with E-state index in [1.54, 1.807) is 10.6 Å². The Bertz CT molecular complexity index is 1540. The molecule has 1 amide bonds. The number of nitrogens with two attached hydrogens (primary N) is 1. The molecule has 1 saturated carbocycles. The summed E-state index contributed by atoms with van der Waals surface area (Å²) in [6, 6.07) is 11.7. The van der Waals surface area contributed by atoms with Gasteiger partial charge in [-0.1, -0.05) is 71.2 Å². The van der Waals surface area contributed by atoms with Crippen molar-refractivity contribution in [2.75, 3.05) is 11.9 Å². The molecule has 3 heterocycles. The molecule has 2 aromatic carbocycles. The van der Waals surface area contributed by atoms with Gasteiger partial charge in [0.2, 0.25) is 0 Å². The molecule has 1 aliphatic carbocycles. The van der Waals surface area contributed by atoms with Crippen LogP contribution in [0.25, 0.3) is 33.5 Å². The number of aromatic nitrogens is 3. The van der Waals surface area contributed by atoms with Crippen molar-refractivity contribution in [3.63, 3.8) is 0 Å². The molecule has 10 heteroatoms. The number of benzene rings is 2. The fraction of sp³-hybridized carbons (Fsp3) is 0.407. The number of rotatable bonds is 5. The molecule has 37 heavy (non-hydrogen) atoms. The van der Waals surface area contributed by atoms with Gasteiger partial charge in [-0.25, -0.2) is 9.37 Å². The van der Waals surface area contributed by atoms with Crippen LogP contribution in [-0.4, -0.2) is 40.6 Å². The number of nitrogens with one attached hydrogen (secondary N) is 2. The number of aryl methyl sites for hydroxylation is 1. The van der Waals surface area contributed by atoms with E-state index in [1.807, 2.05) is 13.1 Å². The summed E-state index contributed by atoms with van der Waals surface area (Å²) in [5, 5.41) is 7.71. The molecular weight excluding hydrogens is 697 g/mol. The van der Waals surface area contributed by atoms with E-state index in [4.69, 9.17) is 10.7 Å². The van der Waals surface area contributed by atoms with Crippen molar-refractivity contribution in [3.8, 4) is 11.5 Å². The third-order valence-electron chi connectivity index (χ3n) is 7.89. The number of amides is 1. The third kappa shape index (κ3) is 4.05. The second-order valence-corrected chi connectivity index (χ2v) is 13.5. The molecule has 0 radical (unpaired) electrons. The molecule has 4 aromatic rings. The predicted octanol–water partition coefficient (Wildman–Crippen LogP) is 5.60. The zero-order chi connectivity index (χ0) is 26.2. The van der Waals surface area contributed by atoms with E-state index >= 15 is 4.39 Å². The average Bonchev–Trinajstić information content (AvgIpc) is 3.38. The van der Waals surface area contributed by atoms with Crippen LogP contribution in [0, 0.1) is 17.7 Å². The van der Waals surface area contributed by atoms with E-state index in [0.29, 0.717) is 26.7 Å². The normalized spacial score (nSPS) is 23.8. The van der Waals surface area contributed by atoms with Crippen LogP contribution in [0.15, 0.2) is 36.4 Å². The van der Waals surface area contributed by atoms with Gasteiger partial charge < -0.3 is 25.5 Å². The maximum absolute atomic E-state index is 15.5. The first-order valence-corrected chi connectivity index (χ1v) is 15.0. The molecule has 0 spiro atoms. The highest BCUT2D eigenvalue weighted by Gasteiger charge is 2.42. The van der Waals surface area contributed by atoms with Gasteiger partial charge in [0.1, 0.15) is 11.3 Å². The second kappa shape index (κ2) is 9.37. The molecule has 2 aromatic heterocycles. The molecule has 5 atom stereocenters. The molecule has 1 aliphatic heterocycles. The van der Waals surface area contributed by atoms with E-state index in [1.165, 1.54) is 6.07 Å². The second-order valence-electron chi connectivity index (χ2n) is 10.5. The standard InChI is InChI=1S/C27H29FI2N6O/c1-12(2)21-11-32-18-6-4-5-13-9-20(36(21)23(13)18)26-33-19-8-14(7-15(28)24(19)35(26)3)27(37)34-25(30)22-16(29)10-17(22)31/h4-9,12,16-17,21-22,25,32H,10-11,31H2,1-3H3,(H,34,37)/t16-,17+,21?,22+,25+/m1/s1. The van der Waals surface area contributed by atoms with Crippen LogP contribution >= 0.6 is 45.2 Å². The minimum Gasteiger partial charge on any atom is -0.381 e. The Labute approximate surface area is 242 Å². The Morgan fingerprint density at radius 1 is 1.27 bits per heavy atom. The summed E-state index contributed by atoms with van der Waals surface area (Å²) >= 11 is 4.61. The summed E-state index contributed by atoms with van der Waals surface area (Å²) in [6.07, 6.45) is 0.948. The average molecular weight is 726 g/mol. The molecule has 0 saturated heterocycles. The van der Waals surface area contributed by atoms with Crippen LogP contribution < -0.4 is 16.4 Å². The Balaban J connectivity index is 1.42. The number of hydrogen-bond donors (Lipinski definition) is 3. The van der Waals surface area contributed by atoms with Gasteiger partial charge in [0.15, 0.2) is 5.82 Å². The highest BCUT2D eigenvalue weighted by molar-refractivity contribution is 14.1. The van der Waals surface area contributed by atoms with Crippen molar-refractivity contribution in [1.82, 2.24) is 19.4 Å². The highest BCUT2D eigenvalue weighted by atomic mass is 127. The number of carbonyl (C=O) groups is 1. The SMILES string of the molecule is CC(C)C1CNc2cccc3cc(-c4nc5cc(C(=O)N[C@H](I)[C@H]6[C@H](I)C[C@@H]6N)cc(F)c5n4C)n1c23. The Morgan fingerprint density at radius 3 is 2.76 bits per heavy atom. The lowest BCUT2D eigenvalue weighted by Gasteiger charge is -2.42. The predicted molar refractivity (Wildman–Crippen MR) is 163 cm³/mol. The van der Waals surface area contributed by atoms with Crippen LogP contribution in [0.3, 0.4) is 0 Å². The summed E-state index contributed by atoms with van der Waals surface area (Å²) in [6.45, 7) is 5.24. The largest absolute Gasteiger partial charge is 0.381 e. The molecule has 6 rings (SSSR count). The third-order valence-corrected chi connectivity index (χ3v) is 10.4. The number of hydrogen-bond acceptors (Lipinski definition) is 4. The number of fused-ring (bicyclic) bond motifs is 1. The smallest absolute Gasteiger partial charge is 0.252 e. The highest BCUT2D eigenvalue weighted by Crippen LogP contribution is 2.41. The summed E-state index contributed by atoms with van der Waals surface area (Å²) in [5.41, 5.74) is 10.5. The van der Waals surface area contributed by atoms with Gasteiger partial charge in [0, 0.05) is 40.4 Å². The van der Waals surface area contributed by atoms with Crippen LogP contribution in [0.2, 0.25) is 0 Å².